The van der Waals surface area contributed by atoms with E-state index in [4.69, 9.17) is 4.74 Å². The molecule has 2 aliphatic heterocycles. The highest BCUT2D eigenvalue weighted by atomic mass is 16.5. The highest BCUT2D eigenvalue weighted by Crippen LogP contribution is 2.50. The van der Waals surface area contributed by atoms with E-state index in [0.717, 1.165) is 31.7 Å². The van der Waals surface area contributed by atoms with Crippen LogP contribution >= 0.6 is 0 Å². The number of nitrogens with one attached hydrogen (secondary N) is 2. The maximum absolute atomic E-state index is 13.3. The van der Waals surface area contributed by atoms with E-state index in [1.807, 2.05) is 0 Å². The third-order valence-electron chi connectivity index (χ3n) is 7.95. The summed E-state index contributed by atoms with van der Waals surface area (Å²) in [7, 11) is 0. The number of anilines is 1. The molecule has 1 aromatic heterocycles. The second kappa shape index (κ2) is 6.68. The molecule has 3 amide bonds. The summed E-state index contributed by atoms with van der Waals surface area (Å²) in [4.78, 5) is 44.0. The lowest BCUT2D eigenvalue weighted by Gasteiger charge is -2.32. The van der Waals surface area contributed by atoms with Gasteiger partial charge in [-0.2, -0.15) is 0 Å². The van der Waals surface area contributed by atoms with Crippen LogP contribution in [0.4, 0.5) is 5.69 Å². The van der Waals surface area contributed by atoms with Crippen LogP contribution in [0.5, 0.6) is 5.88 Å². The van der Waals surface area contributed by atoms with Crippen LogP contribution in [0.3, 0.4) is 0 Å². The molecule has 8 heteroatoms. The fourth-order valence-corrected chi connectivity index (χ4v) is 6.56. The largest absolute Gasteiger partial charge is 0.466 e. The number of pyridine rings is 1. The average molecular weight is 410 g/mol. The number of likely N-dealkylation sites (tertiary alicyclic amines) is 1. The molecule has 4 bridgehead atoms. The smallest absolute Gasteiger partial charge is 0.262 e. The van der Waals surface area contributed by atoms with Crippen LogP contribution in [-0.2, 0) is 9.59 Å². The topological polar surface area (TPSA) is 101 Å². The highest BCUT2D eigenvalue weighted by Gasteiger charge is 2.53. The molecular weight excluding hydrogens is 384 g/mol. The second-order valence-electron chi connectivity index (χ2n) is 9.59. The number of carbonyl (C=O) groups excluding carboxylic acids is 3. The Balaban J connectivity index is 1.15. The van der Waals surface area contributed by atoms with Gasteiger partial charge < -0.3 is 20.3 Å². The molecule has 0 aromatic carbocycles. The monoisotopic (exact) mass is 410 g/mol. The van der Waals surface area contributed by atoms with Gasteiger partial charge in [-0.25, -0.2) is 4.98 Å². The molecule has 5 aliphatic rings. The summed E-state index contributed by atoms with van der Waals surface area (Å²) in [5.41, 5.74) is 0.804. The molecule has 30 heavy (non-hydrogen) atoms. The van der Waals surface area contributed by atoms with Crippen molar-refractivity contribution in [3.05, 3.63) is 17.8 Å². The van der Waals surface area contributed by atoms with Gasteiger partial charge >= 0.3 is 0 Å². The summed E-state index contributed by atoms with van der Waals surface area (Å²) in [6.45, 7) is 0.693. The van der Waals surface area contributed by atoms with Gasteiger partial charge in [-0.1, -0.05) is 6.42 Å². The number of aromatic nitrogens is 1. The lowest BCUT2D eigenvalue weighted by atomic mass is 9.87. The van der Waals surface area contributed by atoms with Gasteiger partial charge in [0.05, 0.1) is 17.6 Å². The minimum atomic E-state index is -0.259. The predicted molar refractivity (Wildman–Crippen MR) is 107 cm³/mol. The quantitative estimate of drug-likeness (QED) is 0.788. The molecule has 158 valence electrons. The molecule has 6 atom stereocenters. The number of rotatable bonds is 3. The molecule has 0 unspecified atom stereocenters. The Bertz CT molecular complexity index is 934. The Morgan fingerprint density at radius 1 is 1.17 bits per heavy atom. The van der Waals surface area contributed by atoms with E-state index in [2.05, 4.69) is 20.5 Å². The third-order valence-corrected chi connectivity index (χ3v) is 7.95. The van der Waals surface area contributed by atoms with Crippen molar-refractivity contribution in [3.63, 3.8) is 0 Å². The van der Waals surface area contributed by atoms with Gasteiger partial charge in [0.25, 0.3) is 11.8 Å². The minimum absolute atomic E-state index is 0.0121. The standard InChI is InChI=1S/C22H26N4O4/c27-18-10-30-21-16(24-18)7-14(8-23-21)20(28)25-19-13-3-4-17(19)26(9-13)22(29)15-6-11-1-2-12(15)5-11/h7-8,11-13,15,17,19H,1-6,9-10H2,(H,24,27)(H,25,28)/t11-,12+,13-,15-,17-,19-/m1/s1. The molecule has 8 nitrogen and oxygen atoms in total. The average Bonchev–Trinajstić information content (AvgIpc) is 3.54. The molecule has 4 fully saturated rings. The van der Waals surface area contributed by atoms with Crippen LogP contribution in [0, 0.1) is 23.7 Å². The van der Waals surface area contributed by atoms with Gasteiger partial charge in [0.15, 0.2) is 6.61 Å². The lowest BCUT2D eigenvalue weighted by Crippen LogP contribution is -2.47. The number of carbonyl (C=O) groups is 3. The van der Waals surface area contributed by atoms with Crippen LogP contribution in [0.25, 0.3) is 0 Å². The molecule has 3 aliphatic carbocycles. The van der Waals surface area contributed by atoms with Gasteiger partial charge in [0.2, 0.25) is 11.8 Å². The van der Waals surface area contributed by atoms with Crippen molar-refractivity contribution >= 4 is 23.4 Å². The van der Waals surface area contributed by atoms with E-state index < -0.39 is 0 Å². The lowest BCUT2D eigenvalue weighted by molar-refractivity contribution is -0.139. The first kappa shape index (κ1) is 18.2. The number of fused-ring (bicyclic) bond motifs is 5. The van der Waals surface area contributed by atoms with Crippen molar-refractivity contribution in [3.8, 4) is 5.88 Å². The number of piperidine rings is 1. The van der Waals surface area contributed by atoms with Gasteiger partial charge in [-0.05, 0) is 55.9 Å². The molecule has 0 spiro atoms. The molecule has 1 aromatic rings. The van der Waals surface area contributed by atoms with Crippen LogP contribution in [0.2, 0.25) is 0 Å². The van der Waals surface area contributed by atoms with Gasteiger partial charge in [-0.15, -0.1) is 0 Å². The Morgan fingerprint density at radius 2 is 2.03 bits per heavy atom. The Kier molecular flexibility index (Phi) is 4.05. The van der Waals surface area contributed by atoms with Gasteiger partial charge in [-0.3, -0.25) is 14.4 Å². The van der Waals surface area contributed by atoms with Crippen molar-refractivity contribution in [2.24, 2.45) is 23.7 Å². The normalized spacial score (nSPS) is 35.7. The Hall–Kier alpha value is -2.64. The number of ether oxygens (including phenoxy) is 1. The molecular formula is C22H26N4O4. The van der Waals surface area contributed by atoms with E-state index in [0.29, 0.717) is 34.9 Å². The highest BCUT2D eigenvalue weighted by molar-refractivity contribution is 5.99. The molecule has 3 heterocycles. The zero-order valence-electron chi connectivity index (χ0n) is 16.8. The van der Waals surface area contributed by atoms with Crippen LogP contribution in [0.1, 0.15) is 48.9 Å². The van der Waals surface area contributed by atoms with Crippen LogP contribution < -0.4 is 15.4 Å². The zero-order valence-corrected chi connectivity index (χ0v) is 16.8. The number of hydrogen-bond acceptors (Lipinski definition) is 5. The van der Waals surface area contributed by atoms with E-state index in [9.17, 15) is 14.4 Å². The molecule has 3 saturated carbocycles. The maximum atomic E-state index is 13.3. The van der Waals surface area contributed by atoms with Crippen molar-refractivity contribution < 1.29 is 19.1 Å². The summed E-state index contributed by atoms with van der Waals surface area (Å²) in [5.74, 6) is 2.02. The minimum Gasteiger partial charge on any atom is -0.466 e. The van der Waals surface area contributed by atoms with E-state index in [1.54, 1.807) is 6.07 Å². The first-order valence-electron chi connectivity index (χ1n) is 11.1. The number of amides is 3. The van der Waals surface area contributed by atoms with Crippen molar-refractivity contribution in [1.29, 1.82) is 0 Å². The van der Waals surface area contributed by atoms with Crippen LogP contribution in [-0.4, -0.2) is 52.8 Å². The van der Waals surface area contributed by atoms with E-state index >= 15 is 0 Å². The predicted octanol–water partition coefficient (Wildman–Crippen LogP) is 1.57. The van der Waals surface area contributed by atoms with Crippen LogP contribution in [0.15, 0.2) is 12.3 Å². The summed E-state index contributed by atoms with van der Waals surface area (Å²) in [6, 6.07) is 1.69. The summed E-state index contributed by atoms with van der Waals surface area (Å²) < 4.78 is 5.26. The SMILES string of the molecule is O=C1COc2ncc(C(=O)N[C@@H]3[C@@H]4CC[C@H]3N(C(=O)[C@@H]3C[C@@H]5CC[C@H]3C5)C4)cc2N1. The van der Waals surface area contributed by atoms with Crippen molar-refractivity contribution in [2.75, 3.05) is 18.5 Å². The van der Waals surface area contributed by atoms with Gasteiger partial charge in [0, 0.05) is 18.7 Å². The summed E-state index contributed by atoms with van der Waals surface area (Å²) in [6.07, 6.45) is 8.25. The first-order chi connectivity index (χ1) is 14.6. The number of nitrogens with zero attached hydrogens (tertiary/aromatic N) is 2. The third kappa shape index (κ3) is 2.80. The van der Waals surface area contributed by atoms with Gasteiger partial charge in [0.1, 0.15) is 5.69 Å². The molecule has 6 rings (SSSR count). The number of hydrogen-bond donors (Lipinski definition) is 2. The maximum Gasteiger partial charge on any atom is 0.262 e. The van der Waals surface area contributed by atoms with Crippen molar-refractivity contribution in [1.82, 2.24) is 15.2 Å². The van der Waals surface area contributed by atoms with E-state index in [-0.39, 0.29) is 36.4 Å². The summed E-state index contributed by atoms with van der Waals surface area (Å²) >= 11 is 0. The fourth-order valence-electron chi connectivity index (χ4n) is 6.56. The van der Waals surface area contributed by atoms with E-state index in [1.165, 1.54) is 25.5 Å². The molecule has 2 N–H and O–H groups in total. The summed E-state index contributed by atoms with van der Waals surface area (Å²) in [5, 5.41) is 5.84. The fraction of sp³-hybridized carbons (Fsp3) is 0.636. The second-order valence-corrected chi connectivity index (χ2v) is 9.59. The van der Waals surface area contributed by atoms with Crippen molar-refractivity contribution in [2.45, 2.75) is 50.6 Å². The Morgan fingerprint density at radius 3 is 2.83 bits per heavy atom. The first-order valence-corrected chi connectivity index (χ1v) is 11.1. The molecule has 1 saturated heterocycles. The molecule has 0 radical (unpaired) electrons. The Labute approximate surface area is 174 Å². The zero-order chi connectivity index (χ0) is 20.4.